The molecule has 3 aliphatic heterocycles. The predicted octanol–water partition coefficient (Wildman–Crippen LogP) is 0.895. The van der Waals surface area contributed by atoms with Crippen LogP contribution in [0.4, 0.5) is 0 Å². The number of fused-ring (bicyclic) bond motifs is 4. The van der Waals surface area contributed by atoms with Gasteiger partial charge in [0.1, 0.15) is 0 Å². The van der Waals surface area contributed by atoms with Crippen LogP contribution in [0.15, 0.2) is 16.9 Å². The second-order valence-electron chi connectivity index (χ2n) is 8.28. The van der Waals surface area contributed by atoms with Crippen LogP contribution < -0.4 is 10.9 Å². The first-order chi connectivity index (χ1) is 12.1. The van der Waals surface area contributed by atoms with Gasteiger partial charge in [0, 0.05) is 55.4 Å². The van der Waals surface area contributed by atoms with Gasteiger partial charge in [0.15, 0.2) is 0 Å². The molecule has 2 N–H and O–H groups in total. The van der Waals surface area contributed by atoms with Gasteiger partial charge in [-0.3, -0.25) is 9.69 Å². The Morgan fingerprint density at radius 2 is 1.96 bits per heavy atom. The summed E-state index contributed by atoms with van der Waals surface area (Å²) in [6.07, 6.45) is 2.17. The van der Waals surface area contributed by atoms with Gasteiger partial charge in [-0.05, 0) is 45.5 Å². The van der Waals surface area contributed by atoms with E-state index in [0.29, 0.717) is 24.4 Å². The van der Waals surface area contributed by atoms with Crippen molar-refractivity contribution in [2.24, 2.45) is 5.92 Å². The molecule has 0 radical (unpaired) electrons. The molecule has 0 aromatic carbocycles. The van der Waals surface area contributed by atoms with Crippen LogP contribution in [0.1, 0.15) is 30.0 Å². The molecule has 8 heteroatoms. The third-order valence-corrected chi connectivity index (χ3v) is 6.41. The second-order valence-corrected chi connectivity index (χ2v) is 8.28. The highest BCUT2D eigenvalue weighted by Crippen LogP contribution is 2.32. The molecule has 4 rings (SSSR count). The lowest BCUT2D eigenvalue weighted by Gasteiger charge is -2.37. The van der Waals surface area contributed by atoms with Gasteiger partial charge in [0.2, 0.25) is 0 Å². The summed E-state index contributed by atoms with van der Waals surface area (Å²) in [5, 5.41) is 13.2. The highest BCUT2D eigenvalue weighted by atomic mass is 35.5. The van der Waals surface area contributed by atoms with Gasteiger partial charge in [0.05, 0.1) is 6.61 Å². The Hall–Kier alpha value is -0.630. The Morgan fingerprint density at radius 1 is 1.19 bits per heavy atom. The van der Waals surface area contributed by atoms with E-state index in [4.69, 9.17) is 0 Å². The average molecular weight is 419 g/mol. The monoisotopic (exact) mass is 418 g/mol. The van der Waals surface area contributed by atoms with Crippen LogP contribution >= 0.6 is 24.8 Å². The standard InChI is InChI=1S/C19H30N4O2.2ClH/c1-21(2)16-6-17(12-24)22(11-16)10-14-3-4-18-15-5-13(7-20-8-15)9-23(18)19(14)25;;/h3-4,13,15-17,20,24H,5-12H2,1-2H3;2*1H/t13-,15+,16-,17-;;/m0../s1. The van der Waals surface area contributed by atoms with E-state index in [1.807, 2.05) is 10.6 Å². The maximum Gasteiger partial charge on any atom is 0.255 e. The number of aliphatic hydroxyl groups is 1. The van der Waals surface area contributed by atoms with E-state index >= 15 is 0 Å². The molecule has 154 valence electrons. The van der Waals surface area contributed by atoms with Crippen molar-refractivity contribution in [2.45, 2.75) is 43.9 Å². The topological polar surface area (TPSA) is 60.7 Å². The van der Waals surface area contributed by atoms with E-state index in [1.165, 1.54) is 12.1 Å². The number of hydrogen-bond acceptors (Lipinski definition) is 5. The molecule has 6 nitrogen and oxygen atoms in total. The first-order valence-corrected chi connectivity index (χ1v) is 9.51. The molecular formula is C19H32Cl2N4O2. The van der Waals surface area contributed by atoms with Gasteiger partial charge >= 0.3 is 0 Å². The van der Waals surface area contributed by atoms with E-state index < -0.39 is 0 Å². The molecule has 2 fully saturated rings. The molecule has 0 saturated carbocycles. The van der Waals surface area contributed by atoms with Crippen LogP contribution in [0.3, 0.4) is 0 Å². The number of pyridine rings is 1. The van der Waals surface area contributed by atoms with Crippen molar-refractivity contribution in [3.05, 3.63) is 33.7 Å². The van der Waals surface area contributed by atoms with Gasteiger partial charge < -0.3 is 19.9 Å². The van der Waals surface area contributed by atoms with Crippen molar-refractivity contribution in [3.63, 3.8) is 0 Å². The number of likely N-dealkylation sites (N-methyl/N-ethyl adjacent to an activating group) is 1. The van der Waals surface area contributed by atoms with Crippen LogP contribution in [0, 0.1) is 5.92 Å². The summed E-state index contributed by atoms with van der Waals surface area (Å²) >= 11 is 0. The molecule has 1 aromatic heterocycles. The summed E-state index contributed by atoms with van der Waals surface area (Å²) in [4.78, 5) is 17.6. The third kappa shape index (κ3) is 4.36. The third-order valence-electron chi connectivity index (χ3n) is 6.41. The molecule has 2 saturated heterocycles. The van der Waals surface area contributed by atoms with E-state index in [1.54, 1.807) is 0 Å². The maximum absolute atomic E-state index is 13.1. The van der Waals surface area contributed by atoms with Gasteiger partial charge in [-0.25, -0.2) is 0 Å². The molecule has 0 amide bonds. The molecule has 0 spiro atoms. The Labute approximate surface area is 173 Å². The minimum atomic E-state index is 0. The maximum atomic E-state index is 13.1. The summed E-state index contributed by atoms with van der Waals surface area (Å²) < 4.78 is 2.03. The Bertz CT molecular complexity index is 697. The number of hydrogen-bond donors (Lipinski definition) is 2. The molecule has 0 unspecified atom stereocenters. The van der Waals surface area contributed by atoms with E-state index in [-0.39, 0.29) is 43.0 Å². The number of halogens is 2. The first-order valence-electron chi connectivity index (χ1n) is 9.51. The fourth-order valence-electron chi connectivity index (χ4n) is 4.89. The summed E-state index contributed by atoms with van der Waals surface area (Å²) in [5.41, 5.74) is 2.25. The normalized spacial score (nSPS) is 29.8. The van der Waals surface area contributed by atoms with Crippen molar-refractivity contribution in [1.82, 2.24) is 19.7 Å². The van der Waals surface area contributed by atoms with Gasteiger partial charge in [-0.2, -0.15) is 0 Å². The minimum Gasteiger partial charge on any atom is -0.395 e. The van der Waals surface area contributed by atoms with Crippen LogP contribution in [-0.4, -0.2) is 71.9 Å². The second kappa shape index (κ2) is 9.25. The van der Waals surface area contributed by atoms with Crippen LogP contribution in [-0.2, 0) is 13.1 Å². The highest BCUT2D eigenvalue weighted by Gasteiger charge is 2.34. The summed E-state index contributed by atoms with van der Waals surface area (Å²) in [6.45, 7) is 4.56. The quantitative estimate of drug-likeness (QED) is 0.760. The van der Waals surface area contributed by atoms with E-state index in [0.717, 1.165) is 38.2 Å². The van der Waals surface area contributed by atoms with Crippen molar-refractivity contribution < 1.29 is 5.11 Å². The largest absolute Gasteiger partial charge is 0.395 e. The summed E-state index contributed by atoms with van der Waals surface area (Å²) in [5.74, 6) is 1.05. The molecule has 3 aliphatic rings. The molecule has 2 bridgehead atoms. The van der Waals surface area contributed by atoms with Crippen LogP contribution in [0.25, 0.3) is 0 Å². The lowest BCUT2D eigenvalue weighted by Crippen LogP contribution is -2.46. The Kier molecular flexibility index (Phi) is 7.76. The zero-order valence-corrected chi connectivity index (χ0v) is 17.8. The summed E-state index contributed by atoms with van der Waals surface area (Å²) in [6, 6.07) is 4.79. The molecule has 4 heterocycles. The Morgan fingerprint density at radius 3 is 2.67 bits per heavy atom. The molecule has 4 atom stereocenters. The number of piperidine rings is 1. The minimum absolute atomic E-state index is 0. The number of likely N-dealkylation sites (tertiary alicyclic amines) is 1. The smallest absolute Gasteiger partial charge is 0.255 e. The van der Waals surface area contributed by atoms with Crippen molar-refractivity contribution in [1.29, 1.82) is 0 Å². The highest BCUT2D eigenvalue weighted by molar-refractivity contribution is 5.85. The van der Waals surface area contributed by atoms with Crippen molar-refractivity contribution in [2.75, 3.05) is 40.3 Å². The fourth-order valence-corrected chi connectivity index (χ4v) is 4.89. The number of aromatic nitrogens is 1. The average Bonchev–Trinajstić information content (AvgIpc) is 3.01. The number of aliphatic hydroxyl groups excluding tert-OH is 1. The van der Waals surface area contributed by atoms with E-state index in [2.05, 4.69) is 35.3 Å². The lowest BCUT2D eigenvalue weighted by atomic mass is 9.84. The summed E-state index contributed by atoms with van der Waals surface area (Å²) in [7, 11) is 4.17. The molecule has 1 aromatic rings. The van der Waals surface area contributed by atoms with Crippen LogP contribution in [0.5, 0.6) is 0 Å². The number of rotatable bonds is 4. The number of nitrogens with zero attached hydrogens (tertiary/aromatic N) is 3. The number of nitrogens with one attached hydrogen (secondary N) is 1. The van der Waals surface area contributed by atoms with Crippen molar-refractivity contribution >= 4 is 24.8 Å². The van der Waals surface area contributed by atoms with Crippen molar-refractivity contribution in [3.8, 4) is 0 Å². The SMILES string of the molecule is CN(C)[C@H]1C[C@@H](CO)N(Cc2ccc3n(c2=O)C[C@@H]2CNC[C@H]3C2)C1.Cl.Cl. The molecular weight excluding hydrogens is 387 g/mol. The molecule has 0 aliphatic carbocycles. The fraction of sp³-hybridized carbons (Fsp3) is 0.737. The van der Waals surface area contributed by atoms with Gasteiger partial charge in [-0.15, -0.1) is 24.8 Å². The van der Waals surface area contributed by atoms with Gasteiger partial charge in [-0.1, -0.05) is 6.07 Å². The van der Waals surface area contributed by atoms with Gasteiger partial charge in [0.25, 0.3) is 5.56 Å². The van der Waals surface area contributed by atoms with Crippen LogP contribution in [0.2, 0.25) is 0 Å². The zero-order valence-electron chi connectivity index (χ0n) is 16.1. The molecule has 27 heavy (non-hydrogen) atoms. The predicted molar refractivity (Wildman–Crippen MR) is 112 cm³/mol. The Balaban J connectivity index is 0.00000131. The first kappa shape index (κ1) is 22.7. The van der Waals surface area contributed by atoms with E-state index in [9.17, 15) is 9.90 Å². The lowest BCUT2D eigenvalue weighted by molar-refractivity contribution is 0.152. The zero-order chi connectivity index (χ0) is 17.6.